The molecule has 0 saturated heterocycles. The van der Waals surface area contributed by atoms with Crippen molar-refractivity contribution in [1.29, 1.82) is 0 Å². The molecule has 0 bridgehead atoms. The fourth-order valence-corrected chi connectivity index (χ4v) is 2.44. The van der Waals surface area contributed by atoms with Crippen LogP contribution in [0.3, 0.4) is 0 Å². The minimum Gasteiger partial charge on any atom is -0.308 e. The molecule has 2 aromatic rings. The number of hydrogen-bond donors (Lipinski definition) is 1. The molecule has 0 saturated carbocycles. The van der Waals surface area contributed by atoms with E-state index in [1.54, 1.807) is 12.5 Å². The monoisotopic (exact) mass is 287 g/mol. The van der Waals surface area contributed by atoms with Gasteiger partial charge in [0.15, 0.2) is 0 Å². The molecule has 0 aliphatic rings. The number of nitrogens with one attached hydrogen (secondary N) is 1. The average molecular weight is 287 g/mol. The molecule has 0 spiro atoms. The van der Waals surface area contributed by atoms with Gasteiger partial charge < -0.3 is 5.32 Å². The summed E-state index contributed by atoms with van der Waals surface area (Å²) in [7, 11) is 0. The lowest BCUT2D eigenvalue weighted by atomic mass is 10.1. The minimum atomic E-state index is 0.208. The molecule has 0 aromatic carbocycles. The van der Waals surface area contributed by atoms with Crippen LogP contribution in [0.2, 0.25) is 0 Å². The van der Waals surface area contributed by atoms with E-state index in [0.29, 0.717) is 0 Å². The van der Waals surface area contributed by atoms with Gasteiger partial charge in [0.25, 0.3) is 0 Å². The quantitative estimate of drug-likeness (QED) is 0.810. The van der Waals surface area contributed by atoms with Gasteiger partial charge in [0.05, 0.1) is 17.4 Å². The number of aromatic nitrogens is 4. The van der Waals surface area contributed by atoms with Gasteiger partial charge in [0.2, 0.25) is 0 Å². The SMILES string of the molecule is CCCNC(Cc1cc(CC)nn1CC)c1ccncn1. The fourth-order valence-electron chi connectivity index (χ4n) is 2.44. The molecule has 2 aromatic heterocycles. The van der Waals surface area contributed by atoms with Gasteiger partial charge >= 0.3 is 0 Å². The van der Waals surface area contributed by atoms with Crippen LogP contribution in [0.4, 0.5) is 0 Å². The van der Waals surface area contributed by atoms with Crippen LogP contribution in [0.1, 0.15) is 50.3 Å². The topological polar surface area (TPSA) is 55.6 Å². The molecule has 1 N–H and O–H groups in total. The van der Waals surface area contributed by atoms with Crippen molar-refractivity contribution in [3.8, 4) is 0 Å². The van der Waals surface area contributed by atoms with Crippen molar-refractivity contribution >= 4 is 0 Å². The molecule has 0 aliphatic carbocycles. The highest BCUT2D eigenvalue weighted by molar-refractivity contribution is 5.15. The number of aryl methyl sites for hydroxylation is 2. The van der Waals surface area contributed by atoms with Crippen molar-refractivity contribution < 1.29 is 0 Å². The summed E-state index contributed by atoms with van der Waals surface area (Å²) in [5.41, 5.74) is 3.46. The van der Waals surface area contributed by atoms with Crippen LogP contribution < -0.4 is 5.32 Å². The molecule has 5 nitrogen and oxygen atoms in total. The molecule has 0 amide bonds. The molecule has 5 heteroatoms. The van der Waals surface area contributed by atoms with Crippen molar-refractivity contribution in [1.82, 2.24) is 25.1 Å². The van der Waals surface area contributed by atoms with Gasteiger partial charge in [0.1, 0.15) is 6.33 Å². The van der Waals surface area contributed by atoms with E-state index in [2.05, 4.69) is 51.9 Å². The third-order valence-electron chi connectivity index (χ3n) is 3.59. The van der Waals surface area contributed by atoms with Crippen LogP contribution >= 0.6 is 0 Å². The lowest BCUT2D eigenvalue weighted by Crippen LogP contribution is -2.26. The first-order valence-electron chi connectivity index (χ1n) is 7.83. The maximum Gasteiger partial charge on any atom is 0.115 e. The highest BCUT2D eigenvalue weighted by atomic mass is 15.3. The van der Waals surface area contributed by atoms with Crippen LogP contribution in [-0.4, -0.2) is 26.3 Å². The first-order valence-corrected chi connectivity index (χ1v) is 7.83. The molecular formula is C16H25N5. The molecule has 0 aliphatic heterocycles. The standard InChI is InChI=1S/C16H25N5/c1-4-8-18-16(15-7-9-17-12-19-15)11-14-10-13(5-2)20-21(14)6-3/h7,9-10,12,16,18H,4-6,8,11H2,1-3H3. The average Bonchev–Trinajstić information content (AvgIpc) is 2.94. The summed E-state index contributed by atoms with van der Waals surface area (Å²) in [5.74, 6) is 0. The second-order valence-corrected chi connectivity index (χ2v) is 5.14. The summed E-state index contributed by atoms with van der Waals surface area (Å²) in [5, 5.41) is 8.21. The summed E-state index contributed by atoms with van der Waals surface area (Å²) >= 11 is 0. The van der Waals surface area contributed by atoms with Gasteiger partial charge in [-0.25, -0.2) is 9.97 Å². The zero-order chi connectivity index (χ0) is 15.1. The maximum absolute atomic E-state index is 4.63. The molecule has 21 heavy (non-hydrogen) atoms. The van der Waals surface area contributed by atoms with Gasteiger partial charge in [-0.1, -0.05) is 13.8 Å². The largest absolute Gasteiger partial charge is 0.308 e. The maximum atomic E-state index is 4.63. The number of nitrogens with zero attached hydrogens (tertiary/aromatic N) is 4. The van der Waals surface area contributed by atoms with Crippen molar-refractivity contribution in [2.24, 2.45) is 0 Å². The van der Waals surface area contributed by atoms with Crippen LogP contribution in [0.15, 0.2) is 24.7 Å². The van der Waals surface area contributed by atoms with Crippen LogP contribution in [0, 0.1) is 0 Å². The highest BCUT2D eigenvalue weighted by Gasteiger charge is 2.16. The van der Waals surface area contributed by atoms with Crippen molar-refractivity contribution in [3.05, 3.63) is 41.7 Å². The number of rotatable bonds is 8. The van der Waals surface area contributed by atoms with Crippen molar-refractivity contribution in [2.75, 3.05) is 6.54 Å². The fraction of sp³-hybridized carbons (Fsp3) is 0.562. The normalized spacial score (nSPS) is 12.5. The van der Waals surface area contributed by atoms with Crippen LogP contribution in [-0.2, 0) is 19.4 Å². The molecule has 0 radical (unpaired) electrons. The molecular weight excluding hydrogens is 262 g/mol. The Balaban J connectivity index is 2.20. The second kappa shape index (κ2) is 7.88. The predicted octanol–water partition coefficient (Wildman–Crippen LogP) is 2.54. The van der Waals surface area contributed by atoms with E-state index < -0.39 is 0 Å². The minimum absolute atomic E-state index is 0.208. The Morgan fingerprint density at radius 1 is 1.29 bits per heavy atom. The van der Waals surface area contributed by atoms with E-state index in [9.17, 15) is 0 Å². The molecule has 2 heterocycles. The Labute approximate surface area is 126 Å². The van der Waals surface area contributed by atoms with Gasteiger partial charge in [-0.15, -0.1) is 0 Å². The lowest BCUT2D eigenvalue weighted by molar-refractivity contribution is 0.492. The van der Waals surface area contributed by atoms with Gasteiger partial charge in [-0.05, 0) is 38.4 Å². The van der Waals surface area contributed by atoms with E-state index in [4.69, 9.17) is 0 Å². The van der Waals surface area contributed by atoms with Gasteiger partial charge in [0, 0.05) is 24.9 Å². The second-order valence-electron chi connectivity index (χ2n) is 5.14. The van der Waals surface area contributed by atoms with Crippen LogP contribution in [0.25, 0.3) is 0 Å². The lowest BCUT2D eigenvalue weighted by Gasteiger charge is -2.18. The summed E-state index contributed by atoms with van der Waals surface area (Å²) < 4.78 is 2.10. The molecule has 0 fully saturated rings. The summed E-state index contributed by atoms with van der Waals surface area (Å²) in [6.45, 7) is 8.34. The van der Waals surface area contributed by atoms with E-state index in [-0.39, 0.29) is 6.04 Å². The van der Waals surface area contributed by atoms with E-state index in [1.807, 2.05) is 6.07 Å². The first-order chi connectivity index (χ1) is 10.3. The summed E-state index contributed by atoms with van der Waals surface area (Å²) in [4.78, 5) is 8.42. The molecule has 114 valence electrons. The first kappa shape index (κ1) is 15.6. The smallest absolute Gasteiger partial charge is 0.115 e. The van der Waals surface area contributed by atoms with E-state index in [1.165, 1.54) is 5.69 Å². The van der Waals surface area contributed by atoms with Crippen LogP contribution in [0.5, 0.6) is 0 Å². The van der Waals surface area contributed by atoms with Gasteiger partial charge in [-0.3, -0.25) is 4.68 Å². The third-order valence-corrected chi connectivity index (χ3v) is 3.59. The van der Waals surface area contributed by atoms with Crippen molar-refractivity contribution in [2.45, 2.75) is 52.6 Å². The Morgan fingerprint density at radius 3 is 2.76 bits per heavy atom. The van der Waals surface area contributed by atoms with E-state index >= 15 is 0 Å². The Bertz CT molecular complexity index is 535. The zero-order valence-corrected chi connectivity index (χ0v) is 13.2. The Kier molecular flexibility index (Phi) is 5.87. The zero-order valence-electron chi connectivity index (χ0n) is 13.2. The Hall–Kier alpha value is -1.75. The molecule has 1 atom stereocenters. The Morgan fingerprint density at radius 2 is 2.14 bits per heavy atom. The third kappa shape index (κ3) is 4.11. The number of hydrogen-bond acceptors (Lipinski definition) is 4. The summed E-state index contributed by atoms with van der Waals surface area (Å²) in [6.07, 6.45) is 6.40. The summed E-state index contributed by atoms with van der Waals surface area (Å²) in [6, 6.07) is 4.41. The molecule has 2 rings (SSSR count). The predicted molar refractivity (Wildman–Crippen MR) is 84.0 cm³/mol. The van der Waals surface area contributed by atoms with Crippen molar-refractivity contribution in [3.63, 3.8) is 0 Å². The molecule has 1 unspecified atom stereocenters. The highest BCUT2D eigenvalue weighted by Crippen LogP contribution is 2.17. The van der Waals surface area contributed by atoms with Gasteiger partial charge in [-0.2, -0.15) is 5.10 Å². The van der Waals surface area contributed by atoms with E-state index in [0.717, 1.165) is 43.7 Å².